The van der Waals surface area contributed by atoms with Crippen molar-refractivity contribution in [3.63, 3.8) is 0 Å². The lowest BCUT2D eigenvalue weighted by Gasteiger charge is -2.21. The average Bonchev–Trinajstić information content (AvgIpc) is 2.26. The van der Waals surface area contributed by atoms with Crippen LogP contribution in [0.2, 0.25) is 0 Å². The van der Waals surface area contributed by atoms with Crippen molar-refractivity contribution in [1.82, 2.24) is 0 Å². The standard InChI is InChI=1S/C74H144O17P2/c1-6-9-12-15-18-21-24-27-29-31-33-36-39-44-50-55-60-74(79)90-69(63-84-71(76)57-52-47-42-37-35-32-30-28-25-22-19-16-13-10-7-2)65-88-92(80,81)86-61-68(75)62-87-93(82,83)89-66-70(64-85-72(77)58-53-48-45-40-41-46-51-56-67(4)5)91-73(78)59-54-49-43-38-34-26-23-20-17-14-11-8-3/h67-70,75H,6-66H2,1-5H3,(H,80,81)(H,82,83)/t68-,69-,70-/m1/s1. The third kappa shape index (κ3) is 68.4. The van der Waals surface area contributed by atoms with Crippen LogP contribution in [-0.2, 0) is 65.4 Å². The third-order valence-electron chi connectivity index (χ3n) is 17.3. The molecule has 19 heteroatoms. The summed E-state index contributed by atoms with van der Waals surface area (Å²) >= 11 is 0. The maximum atomic E-state index is 13.1. The highest BCUT2D eigenvalue weighted by molar-refractivity contribution is 7.47. The highest BCUT2D eigenvalue weighted by atomic mass is 31.2. The van der Waals surface area contributed by atoms with Crippen molar-refractivity contribution in [2.45, 2.75) is 406 Å². The molecule has 5 atom stereocenters. The van der Waals surface area contributed by atoms with E-state index in [0.717, 1.165) is 96.3 Å². The molecular weight excluding hydrogens is 1220 g/mol. The molecule has 0 saturated carbocycles. The van der Waals surface area contributed by atoms with Gasteiger partial charge in [0.15, 0.2) is 12.2 Å². The Bertz CT molecular complexity index is 1790. The van der Waals surface area contributed by atoms with Crippen LogP contribution in [0.1, 0.15) is 388 Å². The van der Waals surface area contributed by atoms with Crippen molar-refractivity contribution in [2.75, 3.05) is 39.6 Å². The second kappa shape index (κ2) is 67.3. The maximum absolute atomic E-state index is 13.1. The molecule has 0 aromatic carbocycles. The molecule has 0 aliphatic heterocycles. The molecule has 0 rings (SSSR count). The fraction of sp³-hybridized carbons (Fsp3) is 0.946. The van der Waals surface area contributed by atoms with Crippen LogP contribution in [0.5, 0.6) is 0 Å². The van der Waals surface area contributed by atoms with Gasteiger partial charge in [0.2, 0.25) is 0 Å². The summed E-state index contributed by atoms with van der Waals surface area (Å²) < 4.78 is 68.4. The third-order valence-corrected chi connectivity index (χ3v) is 19.2. The van der Waals surface area contributed by atoms with Gasteiger partial charge in [0.05, 0.1) is 26.4 Å². The first kappa shape index (κ1) is 91.1. The van der Waals surface area contributed by atoms with Gasteiger partial charge in [-0.25, -0.2) is 9.13 Å². The number of unbranched alkanes of at least 4 members (excludes halogenated alkanes) is 46. The quantitative estimate of drug-likeness (QED) is 0.0222. The van der Waals surface area contributed by atoms with Gasteiger partial charge in [-0.2, -0.15) is 0 Å². The Morgan fingerprint density at radius 1 is 0.290 bits per heavy atom. The Kier molecular flexibility index (Phi) is 65.9. The molecule has 93 heavy (non-hydrogen) atoms. The molecular formula is C74H144O17P2. The van der Waals surface area contributed by atoms with Crippen LogP contribution in [0.15, 0.2) is 0 Å². The molecule has 0 aliphatic carbocycles. The van der Waals surface area contributed by atoms with Gasteiger partial charge >= 0.3 is 39.5 Å². The van der Waals surface area contributed by atoms with Crippen LogP contribution < -0.4 is 0 Å². The van der Waals surface area contributed by atoms with Crippen molar-refractivity contribution in [3.8, 4) is 0 Å². The molecule has 0 bridgehead atoms. The Balaban J connectivity index is 5.24. The highest BCUT2D eigenvalue weighted by Crippen LogP contribution is 2.45. The number of carbonyl (C=O) groups excluding carboxylic acids is 4. The predicted molar refractivity (Wildman–Crippen MR) is 377 cm³/mol. The summed E-state index contributed by atoms with van der Waals surface area (Å²) in [4.78, 5) is 72.7. The Hall–Kier alpha value is -1.94. The molecule has 0 aliphatic rings. The van der Waals surface area contributed by atoms with E-state index in [2.05, 4.69) is 34.6 Å². The number of ether oxygens (including phenoxy) is 4. The first-order valence-electron chi connectivity index (χ1n) is 38.6. The number of phosphoric ester groups is 2. The number of aliphatic hydroxyl groups is 1. The van der Waals surface area contributed by atoms with Crippen LogP contribution in [-0.4, -0.2) is 96.7 Å². The summed E-state index contributed by atoms with van der Waals surface area (Å²) in [5, 5.41) is 10.6. The van der Waals surface area contributed by atoms with E-state index < -0.39 is 97.5 Å². The van der Waals surface area contributed by atoms with Gasteiger partial charge in [-0.1, -0.05) is 336 Å². The minimum absolute atomic E-state index is 0.107. The number of rotatable bonds is 74. The number of phosphoric acid groups is 2. The molecule has 17 nitrogen and oxygen atoms in total. The van der Waals surface area contributed by atoms with E-state index in [1.807, 2.05) is 0 Å². The summed E-state index contributed by atoms with van der Waals surface area (Å²) in [6.45, 7) is 7.23. The zero-order valence-corrected chi connectivity index (χ0v) is 62.2. The van der Waals surface area contributed by atoms with E-state index in [-0.39, 0.29) is 25.7 Å². The van der Waals surface area contributed by atoms with Crippen molar-refractivity contribution in [3.05, 3.63) is 0 Å². The normalized spacial score (nSPS) is 14.0. The summed E-state index contributed by atoms with van der Waals surface area (Å²) in [5.74, 6) is -1.41. The number of hydrogen-bond acceptors (Lipinski definition) is 15. The molecule has 0 saturated heterocycles. The number of esters is 4. The van der Waals surface area contributed by atoms with Gasteiger partial charge in [0.25, 0.3) is 0 Å². The van der Waals surface area contributed by atoms with E-state index in [0.29, 0.717) is 31.6 Å². The van der Waals surface area contributed by atoms with E-state index in [9.17, 15) is 43.2 Å². The Labute approximate surface area is 568 Å². The Morgan fingerprint density at radius 3 is 0.731 bits per heavy atom. The number of carbonyl (C=O) groups is 4. The molecule has 0 aromatic heterocycles. The summed E-state index contributed by atoms with van der Waals surface area (Å²) in [6, 6.07) is 0. The number of aliphatic hydroxyl groups excluding tert-OH is 1. The lowest BCUT2D eigenvalue weighted by molar-refractivity contribution is -0.161. The summed E-state index contributed by atoms with van der Waals surface area (Å²) in [5.41, 5.74) is 0. The van der Waals surface area contributed by atoms with Crippen LogP contribution in [0.3, 0.4) is 0 Å². The fourth-order valence-corrected chi connectivity index (χ4v) is 12.9. The highest BCUT2D eigenvalue weighted by Gasteiger charge is 2.30. The van der Waals surface area contributed by atoms with Crippen molar-refractivity contribution < 1.29 is 80.2 Å². The molecule has 0 fully saturated rings. The minimum atomic E-state index is -4.95. The van der Waals surface area contributed by atoms with Crippen molar-refractivity contribution in [1.29, 1.82) is 0 Å². The van der Waals surface area contributed by atoms with Crippen molar-refractivity contribution in [2.24, 2.45) is 5.92 Å². The van der Waals surface area contributed by atoms with Crippen LogP contribution in [0.25, 0.3) is 0 Å². The predicted octanol–water partition coefficient (Wildman–Crippen LogP) is 21.7. The smallest absolute Gasteiger partial charge is 0.462 e. The van der Waals surface area contributed by atoms with Gasteiger partial charge in [0.1, 0.15) is 19.3 Å². The molecule has 0 spiro atoms. The fourth-order valence-electron chi connectivity index (χ4n) is 11.4. The Morgan fingerprint density at radius 2 is 0.495 bits per heavy atom. The number of hydrogen-bond donors (Lipinski definition) is 3. The van der Waals surface area contributed by atoms with Gasteiger partial charge in [-0.15, -0.1) is 0 Å². The average molecular weight is 1370 g/mol. The molecule has 3 N–H and O–H groups in total. The second-order valence-corrected chi connectivity index (χ2v) is 30.1. The van der Waals surface area contributed by atoms with Gasteiger partial charge < -0.3 is 33.8 Å². The lowest BCUT2D eigenvalue weighted by Crippen LogP contribution is -2.30. The van der Waals surface area contributed by atoms with E-state index >= 15 is 0 Å². The first-order valence-corrected chi connectivity index (χ1v) is 41.6. The van der Waals surface area contributed by atoms with Crippen LogP contribution >= 0.6 is 15.6 Å². The topological polar surface area (TPSA) is 237 Å². The summed E-state index contributed by atoms with van der Waals surface area (Å²) in [6.07, 6.45) is 55.4. The zero-order chi connectivity index (χ0) is 68.4. The lowest BCUT2D eigenvalue weighted by atomic mass is 10.0. The van der Waals surface area contributed by atoms with Gasteiger partial charge in [-0.3, -0.25) is 37.3 Å². The zero-order valence-electron chi connectivity index (χ0n) is 60.4. The minimum Gasteiger partial charge on any atom is -0.462 e. The molecule has 552 valence electrons. The largest absolute Gasteiger partial charge is 0.472 e. The SMILES string of the molecule is CCCCCCCCCCCCCCCCCCC(=O)O[C@H](COC(=O)CCCCCCCCCCCCCCCCC)COP(=O)(O)OC[C@@H](O)COP(=O)(O)OC[C@@H](COC(=O)CCCCCCCCCC(C)C)OC(=O)CCCCCCCCCCCCCC. The van der Waals surface area contributed by atoms with Gasteiger partial charge in [-0.05, 0) is 31.6 Å². The van der Waals surface area contributed by atoms with Crippen molar-refractivity contribution >= 4 is 39.5 Å². The van der Waals surface area contributed by atoms with Crippen LogP contribution in [0.4, 0.5) is 0 Å². The molecule has 0 radical (unpaired) electrons. The molecule has 0 heterocycles. The van der Waals surface area contributed by atoms with Gasteiger partial charge in [0, 0.05) is 25.7 Å². The first-order chi connectivity index (χ1) is 45.0. The molecule has 2 unspecified atom stereocenters. The molecule has 0 amide bonds. The maximum Gasteiger partial charge on any atom is 0.472 e. The monoisotopic (exact) mass is 1370 g/mol. The summed E-state index contributed by atoms with van der Waals surface area (Å²) in [7, 11) is -9.91. The van der Waals surface area contributed by atoms with E-state index in [1.54, 1.807) is 0 Å². The second-order valence-electron chi connectivity index (χ2n) is 27.2. The van der Waals surface area contributed by atoms with E-state index in [4.69, 9.17) is 37.0 Å². The van der Waals surface area contributed by atoms with Crippen LogP contribution in [0, 0.1) is 5.92 Å². The van der Waals surface area contributed by atoms with E-state index in [1.165, 1.54) is 205 Å². The molecule has 0 aromatic rings.